The second-order valence-electron chi connectivity index (χ2n) is 8.77. The van der Waals surface area contributed by atoms with Crippen molar-refractivity contribution in [3.05, 3.63) is 35.9 Å². The van der Waals surface area contributed by atoms with Gasteiger partial charge in [-0.25, -0.2) is 4.39 Å². The maximum absolute atomic E-state index is 13.8. The van der Waals surface area contributed by atoms with Crippen LogP contribution in [0, 0.1) is 17.3 Å². The Morgan fingerprint density at radius 1 is 0.853 bits per heavy atom. The van der Waals surface area contributed by atoms with E-state index in [0.29, 0.717) is 37.9 Å². The predicted molar refractivity (Wildman–Crippen MR) is 108 cm³/mol. The van der Waals surface area contributed by atoms with Crippen molar-refractivity contribution in [2.24, 2.45) is 5.41 Å². The minimum Gasteiger partial charge on any atom is -0.342 e. The average Bonchev–Trinajstić information content (AvgIpc) is 3.18. The molecule has 2 aliphatic rings. The SMILES string of the molecule is O=C(C#Cc1ccccc1)N1CCC2(CC1)CCN(C(=O)CCC(F)(C(F)(F)F)C(F)(F)F)C2. The molecule has 1 aromatic carbocycles. The Kier molecular flexibility index (Phi) is 7.20. The Bertz CT molecular complexity index is 942. The number of hydrogen-bond donors (Lipinski definition) is 0. The zero-order valence-corrected chi connectivity index (χ0v) is 18.1. The van der Waals surface area contributed by atoms with Crippen molar-refractivity contribution in [2.45, 2.75) is 50.1 Å². The highest BCUT2D eigenvalue weighted by Gasteiger charge is 2.72. The van der Waals surface area contributed by atoms with E-state index in [4.69, 9.17) is 0 Å². The second-order valence-corrected chi connectivity index (χ2v) is 8.77. The number of halogens is 7. The summed E-state index contributed by atoms with van der Waals surface area (Å²) in [6, 6.07) is 8.96. The highest BCUT2D eigenvalue weighted by atomic mass is 19.4. The number of piperidine rings is 1. The van der Waals surface area contributed by atoms with Gasteiger partial charge in [-0.15, -0.1) is 0 Å². The van der Waals surface area contributed by atoms with E-state index < -0.39 is 36.8 Å². The van der Waals surface area contributed by atoms with Crippen molar-refractivity contribution in [1.29, 1.82) is 0 Å². The first-order chi connectivity index (χ1) is 15.8. The summed E-state index contributed by atoms with van der Waals surface area (Å²) in [5.74, 6) is 4.08. The van der Waals surface area contributed by atoms with E-state index in [1.54, 1.807) is 29.2 Å². The fourth-order valence-corrected chi connectivity index (χ4v) is 4.35. The Morgan fingerprint density at radius 3 is 1.91 bits per heavy atom. The molecule has 1 spiro atoms. The van der Waals surface area contributed by atoms with Crippen LogP contribution in [-0.4, -0.2) is 65.8 Å². The molecule has 0 radical (unpaired) electrons. The lowest BCUT2D eigenvalue weighted by molar-refractivity contribution is -0.343. The monoisotopic (exact) mass is 492 g/mol. The van der Waals surface area contributed by atoms with Gasteiger partial charge in [0.2, 0.25) is 5.91 Å². The van der Waals surface area contributed by atoms with Gasteiger partial charge in [-0.1, -0.05) is 24.1 Å². The molecule has 34 heavy (non-hydrogen) atoms. The minimum absolute atomic E-state index is 0.154. The molecule has 0 N–H and O–H groups in total. The van der Waals surface area contributed by atoms with E-state index >= 15 is 0 Å². The van der Waals surface area contributed by atoms with Crippen LogP contribution in [0.2, 0.25) is 0 Å². The first-order valence-electron chi connectivity index (χ1n) is 10.7. The summed E-state index contributed by atoms with van der Waals surface area (Å²) in [4.78, 5) is 27.4. The van der Waals surface area contributed by atoms with Gasteiger partial charge in [-0.2, -0.15) is 26.3 Å². The predicted octanol–water partition coefficient (Wildman–Crippen LogP) is 4.49. The van der Waals surface area contributed by atoms with Crippen LogP contribution in [0.3, 0.4) is 0 Å². The zero-order chi connectivity index (χ0) is 25.2. The molecule has 0 saturated carbocycles. The summed E-state index contributed by atoms with van der Waals surface area (Å²) in [6.07, 6.45) is -14.0. The Balaban J connectivity index is 1.53. The van der Waals surface area contributed by atoms with Crippen molar-refractivity contribution in [3.8, 4) is 11.8 Å². The first kappa shape index (κ1) is 25.8. The van der Waals surface area contributed by atoms with Crippen LogP contribution >= 0.6 is 0 Å². The number of nitrogens with zero attached hydrogens (tertiary/aromatic N) is 2. The van der Waals surface area contributed by atoms with Gasteiger partial charge >= 0.3 is 12.4 Å². The fourth-order valence-electron chi connectivity index (χ4n) is 4.35. The third-order valence-electron chi connectivity index (χ3n) is 6.57. The van der Waals surface area contributed by atoms with Gasteiger partial charge in [0, 0.05) is 50.5 Å². The normalized spacial score (nSPS) is 18.6. The number of amides is 2. The Morgan fingerprint density at radius 2 is 1.38 bits per heavy atom. The van der Waals surface area contributed by atoms with Gasteiger partial charge in [0.1, 0.15) is 0 Å². The number of likely N-dealkylation sites (tertiary alicyclic amines) is 2. The molecule has 2 fully saturated rings. The molecule has 0 aliphatic carbocycles. The summed E-state index contributed by atoms with van der Waals surface area (Å²) in [6.45, 7) is 1.07. The molecule has 2 heterocycles. The minimum atomic E-state index is -6.17. The number of alkyl halides is 7. The van der Waals surface area contributed by atoms with E-state index in [1.807, 2.05) is 6.07 Å². The largest absolute Gasteiger partial charge is 0.431 e. The number of benzene rings is 1. The van der Waals surface area contributed by atoms with E-state index in [1.165, 1.54) is 4.90 Å². The van der Waals surface area contributed by atoms with Gasteiger partial charge in [0.25, 0.3) is 11.6 Å². The van der Waals surface area contributed by atoms with Crippen LogP contribution in [0.25, 0.3) is 0 Å². The van der Waals surface area contributed by atoms with Gasteiger partial charge in [0.05, 0.1) is 0 Å². The van der Waals surface area contributed by atoms with Crippen LogP contribution in [0.1, 0.15) is 37.7 Å². The highest BCUT2D eigenvalue weighted by molar-refractivity contribution is 5.94. The quantitative estimate of drug-likeness (QED) is 0.461. The number of carbonyl (C=O) groups excluding carboxylic acids is 2. The highest BCUT2D eigenvalue weighted by Crippen LogP contribution is 2.49. The van der Waals surface area contributed by atoms with Gasteiger partial charge < -0.3 is 9.80 Å². The second kappa shape index (κ2) is 9.47. The van der Waals surface area contributed by atoms with E-state index in [0.717, 1.165) is 0 Å². The van der Waals surface area contributed by atoms with Crippen LogP contribution < -0.4 is 0 Å². The van der Waals surface area contributed by atoms with Crippen molar-refractivity contribution in [3.63, 3.8) is 0 Å². The number of rotatable bonds is 3. The fraction of sp³-hybridized carbons (Fsp3) is 0.565. The molecule has 0 bridgehead atoms. The molecule has 4 nitrogen and oxygen atoms in total. The molecule has 186 valence electrons. The summed E-state index contributed by atoms with van der Waals surface area (Å²) in [5, 5.41) is 0. The lowest BCUT2D eigenvalue weighted by atomic mass is 9.78. The summed E-state index contributed by atoms with van der Waals surface area (Å²) in [7, 11) is 0. The van der Waals surface area contributed by atoms with Gasteiger partial charge in [0.15, 0.2) is 0 Å². The van der Waals surface area contributed by atoms with Crippen LogP contribution in [0.4, 0.5) is 30.7 Å². The molecule has 3 rings (SSSR count). The van der Waals surface area contributed by atoms with Gasteiger partial charge in [-0.3, -0.25) is 9.59 Å². The van der Waals surface area contributed by atoms with Crippen molar-refractivity contribution in [2.75, 3.05) is 26.2 Å². The third-order valence-corrected chi connectivity index (χ3v) is 6.57. The summed E-state index contributed by atoms with van der Waals surface area (Å²) >= 11 is 0. The number of hydrogen-bond acceptors (Lipinski definition) is 2. The van der Waals surface area contributed by atoms with Crippen molar-refractivity contribution in [1.82, 2.24) is 9.80 Å². The first-order valence-corrected chi connectivity index (χ1v) is 10.7. The Labute approximate surface area is 192 Å². The van der Waals surface area contributed by atoms with Crippen molar-refractivity contribution >= 4 is 11.8 Å². The van der Waals surface area contributed by atoms with Crippen molar-refractivity contribution < 1.29 is 40.3 Å². The molecule has 0 aromatic heterocycles. The summed E-state index contributed by atoms with van der Waals surface area (Å²) < 4.78 is 90.1. The zero-order valence-electron chi connectivity index (χ0n) is 18.1. The average molecular weight is 492 g/mol. The molecule has 2 amide bonds. The van der Waals surface area contributed by atoms with Crippen LogP contribution in [0.5, 0.6) is 0 Å². The summed E-state index contributed by atoms with van der Waals surface area (Å²) in [5.41, 5.74) is -5.11. The van der Waals surface area contributed by atoms with E-state index in [-0.39, 0.29) is 24.4 Å². The standard InChI is InChI=1S/C23H23F7N2O2/c24-21(22(25,26)27,23(28,29)30)9-8-19(34)32-15-12-20(16-32)10-13-31(14-11-20)18(33)7-6-17-4-2-1-3-5-17/h1-5H,8-16H2. The lowest BCUT2D eigenvalue weighted by Crippen LogP contribution is -2.53. The molecule has 11 heteroatoms. The molecule has 0 unspecified atom stereocenters. The molecular weight excluding hydrogens is 469 g/mol. The van der Waals surface area contributed by atoms with E-state index in [2.05, 4.69) is 11.8 Å². The molecule has 2 aliphatic heterocycles. The topological polar surface area (TPSA) is 40.6 Å². The van der Waals surface area contributed by atoms with Gasteiger partial charge in [-0.05, 0) is 36.8 Å². The lowest BCUT2D eigenvalue weighted by Gasteiger charge is -2.38. The maximum Gasteiger partial charge on any atom is 0.431 e. The molecule has 0 atom stereocenters. The number of carbonyl (C=O) groups is 2. The molecule has 1 aromatic rings. The van der Waals surface area contributed by atoms with E-state index in [9.17, 15) is 40.3 Å². The Hall–Kier alpha value is -2.77. The maximum atomic E-state index is 13.8. The van der Waals surface area contributed by atoms with Crippen LogP contribution in [0.15, 0.2) is 30.3 Å². The smallest absolute Gasteiger partial charge is 0.342 e. The molecule has 2 saturated heterocycles. The van der Waals surface area contributed by atoms with Crippen LogP contribution in [-0.2, 0) is 9.59 Å². The molecular formula is C23H23F7N2O2. The third kappa shape index (κ3) is 5.47.